The Labute approximate surface area is 138 Å². The van der Waals surface area contributed by atoms with Gasteiger partial charge in [0.25, 0.3) is 5.91 Å². The Hall–Kier alpha value is -2.73. The van der Waals surface area contributed by atoms with Gasteiger partial charge in [-0.3, -0.25) is 4.79 Å². The maximum Gasteiger partial charge on any atom is 0.252 e. The highest BCUT2D eigenvalue weighted by atomic mass is 16.1. The van der Waals surface area contributed by atoms with Crippen LogP contribution < -0.4 is 10.2 Å². The van der Waals surface area contributed by atoms with E-state index in [2.05, 4.69) is 17.2 Å². The average molecular weight is 306 g/mol. The molecule has 0 aliphatic rings. The number of hydrogen-bond acceptors (Lipinski definition) is 2. The zero-order valence-corrected chi connectivity index (χ0v) is 14.1. The minimum Gasteiger partial charge on any atom is -0.378 e. The van der Waals surface area contributed by atoms with Gasteiger partial charge >= 0.3 is 0 Å². The first-order valence-corrected chi connectivity index (χ1v) is 7.58. The largest absolute Gasteiger partial charge is 0.378 e. The van der Waals surface area contributed by atoms with Crippen molar-refractivity contribution in [1.82, 2.24) is 5.32 Å². The van der Waals surface area contributed by atoms with E-state index in [0.29, 0.717) is 12.1 Å². The van der Waals surface area contributed by atoms with E-state index in [1.807, 2.05) is 75.3 Å². The molecule has 0 saturated carbocycles. The predicted molar refractivity (Wildman–Crippen MR) is 95.9 cm³/mol. The minimum absolute atomic E-state index is 0.0888. The zero-order chi connectivity index (χ0) is 16.8. The van der Waals surface area contributed by atoms with Gasteiger partial charge in [0.2, 0.25) is 0 Å². The van der Waals surface area contributed by atoms with E-state index in [1.165, 1.54) is 0 Å². The van der Waals surface area contributed by atoms with Crippen molar-refractivity contribution in [3.8, 4) is 11.8 Å². The van der Waals surface area contributed by atoms with Gasteiger partial charge in [0.15, 0.2) is 0 Å². The Morgan fingerprint density at radius 2 is 1.65 bits per heavy atom. The predicted octanol–water partition coefficient (Wildman–Crippen LogP) is 3.15. The monoisotopic (exact) mass is 306 g/mol. The van der Waals surface area contributed by atoms with Crippen LogP contribution >= 0.6 is 0 Å². The van der Waals surface area contributed by atoms with Crippen molar-refractivity contribution < 1.29 is 4.79 Å². The molecule has 0 bridgehead atoms. The second-order valence-electron chi connectivity index (χ2n) is 5.80. The van der Waals surface area contributed by atoms with Crippen LogP contribution in [0.1, 0.15) is 27.0 Å². The summed E-state index contributed by atoms with van der Waals surface area (Å²) in [5.74, 6) is 5.95. The number of nitrogens with zero attached hydrogens (tertiary/aromatic N) is 1. The fraction of sp³-hybridized carbons (Fsp3) is 0.250. The second-order valence-corrected chi connectivity index (χ2v) is 5.80. The van der Waals surface area contributed by atoms with E-state index in [4.69, 9.17) is 0 Å². The lowest BCUT2D eigenvalue weighted by Crippen LogP contribution is -2.23. The molecule has 2 aromatic carbocycles. The molecule has 23 heavy (non-hydrogen) atoms. The van der Waals surface area contributed by atoms with Gasteiger partial charge in [-0.05, 0) is 50.2 Å². The third-order valence-corrected chi connectivity index (χ3v) is 3.44. The normalized spacial score (nSPS) is 9.74. The first-order chi connectivity index (χ1) is 11.0. The highest BCUT2D eigenvalue weighted by molar-refractivity contribution is 5.94. The second kappa shape index (κ2) is 7.51. The standard InChI is InChI=1S/C20H22N2O/c1-15-12-16(2)14-18(13-15)20(23)21-11-5-6-17-7-9-19(10-8-17)22(3)4/h7-10,12-14H,11H2,1-4H3,(H,21,23). The Balaban J connectivity index is 1.93. The van der Waals surface area contributed by atoms with Crippen molar-refractivity contribution in [1.29, 1.82) is 0 Å². The van der Waals surface area contributed by atoms with E-state index in [9.17, 15) is 4.79 Å². The number of nitrogens with one attached hydrogen (secondary N) is 1. The molecule has 118 valence electrons. The summed E-state index contributed by atoms with van der Waals surface area (Å²) in [7, 11) is 4.01. The number of carbonyl (C=O) groups is 1. The summed E-state index contributed by atoms with van der Waals surface area (Å²) in [6.07, 6.45) is 0. The van der Waals surface area contributed by atoms with Crippen LogP contribution in [0.25, 0.3) is 0 Å². The van der Waals surface area contributed by atoms with E-state index >= 15 is 0 Å². The van der Waals surface area contributed by atoms with Crippen molar-refractivity contribution in [2.24, 2.45) is 0 Å². The Bertz CT molecular complexity index is 729. The molecule has 0 radical (unpaired) electrons. The summed E-state index contributed by atoms with van der Waals surface area (Å²) in [5, 5.41) is 2.83. The van der Waals surface area contributed by atoms with Crippen LogP contribution in [0, 0.1) is 25.7 Å². The molecule has 0 aliphatic heterocycles. The van der Waals surface area contributed by atoms with Crippen molar-refractivity contribution in [2.75, 3.05) is 25.5 Å². The zero-order valence-electron chi connectivity index (χ0n) is 14.1. The van der Waals surface area contributed by atoms with Gasteiger partial charge in [-0.15, -0.1) is 0 Å². The quantitative estimate of drug-likeness (QED) is 0.884. The van der Waals surface area contributed by atoms with Crippen LogP contribution in [0.3, 0.4) is 0 Å². The molecule has 0 saturated heterocycles. The summed E-state index contributed by atoms with van der Waals surface area (Å²) in [5.41, 5.74) is 4.93. The van der Waals surface area contributed by atoms with Gasteiger partial charge in [-0.25, -0.2) is 0 Å². The molecular formula is C20H22N2O. The topological polar surface area (TPSA) is 32.3 Å². The molecule has 1 N–H and O–H groups in total. The summed E-state index contributed by atoms with van der Waals surface area (Å²) >= 11 is 0. The van der Waals surface area contributed by atoms with Crippen LogP contribution in [0.15, 0.2) is 42.5 Å². The van der Waals surface area contributed by atoms with Crippen LogP contribution in [0.2, 0.25) is 0 Å². The fourth-order valence-electron chi connectivity index (χ4n) is 2.32. The minimum atomic E-state index is -0.0888. The van der Waals surface area contributed by atoms with Gasteiger partial charge in [-0.1, -0.05) is 29.0 Å². The summed E-state index contributed by atoms with van der Waals surface area (Å²) in [6.45, 7) is 4.31. The van der Waals surface area contributed by atoms with Gasteiger partial charge in [0.05, 0.1) is 6.54 Å². The molecule has 2 aromatic rings. The number of aryl methyl sites for hydroxylation is 2. The van der Waals surface area contributed by atoms with Gasteiger partial charge < -0.3 is 10.2 Å². The third-order valence-electron chi connectivity index (χ3n) is 3.44. The Morgan fingerprint density at radius 3 is 2.22 bits per heavy atom. The molecule has 2 rings (SSSR count). The van der Waals surface area contributed by atoms with E-state index in [1.54, 1.807) is 0 Å². The summed E-state index contributed by atoms with van der Waals surface area (Å²) in [6, 6.07) is 13.8. The maximum atomic E-state index is 12.1. The molecular weight excluding hydrogens is 284 g/mol. The molecule has 0 atom stereocenters. The molecule has 0 aliphatic carbocycles. The first-order valence-electron chi connectivity index (χ1n) is 7.58. The van der Waals surface area contributed by atoms with Crippen LogP contribution in [0.4, 0.5) is 5.69 Å². The Morgan fingerprint density at radius 1 is 1.04 bits per heavy atom. The molecule has 3 heteroatoms. The number of hydrogen-bond donors (Lipinski definition) is 1. The van der Waals surface area contributed by atoms with Crippen molar-refractivity contribution in [2.45, 2.75) is 13.8 Å². The summed E-state index contributed by atoms with van der Waals surface area (Å²) < 4.78 is 0. The van der Waals surface area contributed by atoms with E-state index in [0.717, 1.165) is 22.4 Å². The van der Waals surface area contributed by atoms with Crippen LogP contribution in [-0.4, -0.2) is 26.5 Å². The van der Waals surface area contributed by atoms with Gasteiger partial charge in [0, 0.05) is 30.9 Å². The van der Waals surface area contributed by atoms with E-state index < -0.39 is 0 Å². The number of amides is 1. The van der Waals surface area contributed by atoms with E-state index in [-0.39, 0.29) is 5.91 Å². The molecule has 3 nitrogen and oxygen atoms in total. The highest BCUT2D eigenvalue weighted by Gasteiger charge is 2.04. The van der Waals surface area contributed by atoms with Crippen LogP contribution in [0.5, 0.6) is 0 Å². The van der Waals surface area contributed by atoms with Crippen molar-refractivity contribution in [3.63, 3.8) is 0 Å². The lowest BCUT2D eigenvalue weighted by atomic mass is 10.1. The van der Waals surface area contributed by atoms with Crippen LogP contribution in [-0.2, 0) is 0 Å². The maximum absolute atomic E-state index is 12.1. The highest BCUT2D eigenvalue weighted by Crippen LogP contribution is 2.11. The molecule has 0 aromatic heterocycles. The lowest BCUT2D eigenvalue weighted by molar-refractivity contribution is 0.0958. The average Bonchev–Trinajstić information content (AvgIpc) is 2.50. The van der Waals surface area contributed by atoms with Crippen molar-refractivity contribution >= 4 is 11.6 Å². The third kappa shape index (κ3) is 4.89. The lowest BCUT2D eigenvalue weighted by Gasteiger charge is -2.11. The number of carbonyl (C=O) groups excluding carboxylic acids is 1. The number of rotatable bonds is 3. The molecule has 0 spiro atoms. The summed E-state index contributed by atoms with van der Waals surface area (Å²) in [4.78, 5) is 14.1. The molecule has 1 amide bonds. The fourth-order valence-corrected chi connectivity index (χ4v) is 2.32. The van der Waals surface area contributed by atoms with Gasteiger partial charge in [0.1, 0.15) is 0 Å². The molecule has 0 unspecified atom stereocenters. The van der Waals surface area contributed by atoms with Crippen molar-refractivity contribution in [3.05, 3.63) is 64.7 Å². The van der Waals surface area contributed by atoms with Gasteiger partial charge in [-0.2, -0.15) is 0 Å². The molecule has 0 fully saturated rings. The number of anilines is 1. The SMILES string of the molecule is Cc1cc(C)cc(C(=O)NCC#Cc2ccc(N(C)C)cc2)c1. The Kier molecular flexibility index (Phi) is 5.43. The molecule has 0 heterocycles. The number of benzene rings is 2. The first kappa shape index (κ1) is 16.6. The smallest absolute Gasteiger partial charge is 0.252 e.